The summed E-state index contributed by atoms with van der Waals surface area (Å²) in [6.07, 6.45) is 6.13. The molecule has 4 aromatic rings. The van der Waals surface area contributed by atoms with Gasteiger partial charge >= 0.3 is 0 Å². The predicted molar refractivity (Wildman–Crippen MR) is 102 cm³/mol. The number of nitrogens with one attached hydrogen (secondary N) is 1. The highest BCUT2D eigenvalue weighted by atomic mass is 32.1. The molecule has 0 fully saturated rings. The van der Waals surface area contributed by atoms with Crippen molar-refractivity contribution >= 4 is 33.8 Å². The van der Waals surface area contributed by atoms with Crippen molar-refractivity contribution in [3.05, 3.63) is 83.4 Å². The molecule has 0 radical (unpaired) electrons. The number of carbonyl (C=O) groups is 1. The van der Waals surface area contributed by atoms with Crippen LogP contribution in [0.1, 0.15) is 18.0 Å². The fraction of sp³-hybridized carbons (Fsp3) is 0.100. The molecule has 0 saturated heterocycles. The van der Waals surface area contributed by atoms with E-state index < -0.39 is 0 Å². The van der Waals surface area contributed by atoms with Gasteiger partial charge in [-0.1, -0.05) is 6.07 Å². The maximum absolute atomic E-state index is 12.7. The Morgan fingerprint density at radius 3 is 2.80 bits per heavy atom. The molecule has 0 aliphatic carbocycles. The first-order valence-corrected chi connectivity index (χ1v) is 9.04. The molecule has 1 amide bonds. The number of hydrogen-bond donors (Lipinski definition) is 1. The monoisotopic (exact) mass is 347 g/mol. The Hall–Kier alpha value is -2.92. The highest BCUT2D eigenvalue weighted by molar-refractivity contribution is 7.08. The predicted octanol–water partition coefficient (Wildman–Crippen LogP) is 4.72. The average Bonchev–Trinajstić information content (AvgIpc) is 3.34. The van der Waals surface area contributed by atoms with Crippen molar-refractivity contribution in [3.63, 3.8) is 0 Å². The zero-order valence-corrected chi connectivity index (χ0v) is 14.3. The number of carbonyl (C=O) groups excluding carboxylic acids is 1. The SMILES string of the molecule is O=C(CC(c1ccsc1)n1cccc1)Nc1cccc2ncccc12. The van der Waals surface area contributed by atoms with Crippen molar-refractivity contribution in [2.24, 2.45) is 0 Å². The minimum atomic E-state index is -0.0127. The third-order valence-corrected chi connectivity index (χ3v) is 4.92. The molecule has 5 heteroatoms. The number of benzene rings is 1. The number of hydrogen-bond acceptors (Lipinski definition) is 3. The Labute approximate surface area is 149 Å². The maximum atomic E-state index is 12.7. The van der Waals surface area contributed by atoms with Crippen LogP contribution in [0.25, 0.3) is 10.9 Å². The van der Waals surface area contributed by atoms with Gasteiger partial charge in [0.2, 0.25) is 5.91 Å². The molecule has 4 nitrogen and oxygen atoms in total. The number of rotatable bonds is 5. The summed E-state index contributed by atoms with van der Waals surface area (Å²) in [5.74, 6) is -0.0127. The first-order chi connectivity index (χ1) is 12.3. The van der Waals surface area contributed by atoms with Crippen LogP contribution in [0.5, 0.6) is 0 Å². The number of fused-ring (bicyclic) bond motifs is 1. The molecule has 0 aliphatic rings. The maximum Gasteiger partial charge on any atom is 0.226 e. The Morgan fingerprint density at radius 2 is 2.00 bits per heavy atom. The van der Waals surface area contributed by atoms with Crippen molar-refractivity contribution in [2.45, 2.75) is 12.5 Å². The van der Waals surface area contributed by atoms with Gasteiger partial charge in [0.1, 0.15) is 0 Å². The van der Waals surface area contributed by atoms with Gasteiger partial charge in [-0.3, -0.25) is 9.78 Å². The van der Waals surface area contributed by atoms with E-state index in [-0.39, 0.29) is 11.9 Å². The van der Waals surface area contributed by atoms with E-state index in [9.17, 15) is 4.79 Å². The topological polar surface area (TPSA) is 46.9 Å². The molecule has 25 heavy (non-hydrogen) atoms. The standard InChI is InChI=1S/C20H17N3OS/c24-20(22-18-7-3-6-17-16(18)5-4-9-21-17)13-19(15-8-12-25-14-15)23-10-1-2-11-23/h1-12,14,19H,13H2,(H,22,24). The van der Waals surface area contributed by atoms with E-state index in [0.29, 0.717) is 6.42 Å². The molecule has 0 bridgehead atoms. The average molecular weight is 347 g/mol. The largest absolute Gasteiger partial charge is 0.346 e. The summed E-state index contributed by atoms with van der Waals surface area (Å²) in [5.41, 5.74) is 2.82. The van der Waals surface area contributed by atoms with Crippen molar-refractivity contribution in [2.75, 3.05) is 5.32 Å². The van der Waals surface area contributed by atoms with Gasteiger partial charge in [-0.2, -0.15) is 11.3 Å². The summed E-state index contributed by atoms with van der Waals surface area (Å²) in [6.45, 7) is 0. The summed E-state index contributed by atoms with van der Waals surface area (Å²) < 4.78 is 2.08. The molecule has 0 saturated carbocycles. The van der Waals surface area contributed by atoms with Crippen LogP contribution in [-0.4, -0.2) is 15.5 Å². The van der Waals surface area contributed by atoms with Crippen LogP contribution in [0.3, 0.4) is 0 Å². The van der Waals surface area contributed by atoms with Gasteiger partial charge in [0.25, 0.3) is 0 Å². The lowest BCUT2D eigenvalue weighted by Crippen LogP contribution is -2.19. The second-order valence-electron chi connectivity index (χ2n) is 5.83. The van der Waals surface area contributed by atoms with Crippen LogP contribution in [0.2, 0.25) is 0 Å². The molecule has 1 N–H and O–H groups in total. The number of thiophene rings is 1. The molecule has 1 unspecified atom stereocenters. The zero-order chi connectivity index (χ0) is 17.1. The van der Waals surface area contributed by atoms with Gasteiger partial charge < -0.3 is 9.88 Å². The normalized spacial score (nSPS) is 12.2. The Bertz CT molecular complexity index is 938. The first kappa shape index (κ1) is 15.6. The summed E-state index contributed by atoms with van der Waals surface area (Å²) >= 11 is 1.64. The minimum absolute atomic E-state index is 0.00523. The molecule has 3 aromatic heterocycles. The fourth-order valence-corrected chi connectivity index (χ4v) is 3.71. The lowest BCUT2D eigenvalue weighted by Gasteiger charge is -2.18. The number of aromatic nitrogens is 2. The van der Waals surface area contributed by atoms with Crippen LogP contribution < -0.4 is 5.32 Å². The summed E-state index contributed by atoms with van der Waals surface area (Å²) in [5, 5.41) is 8.14. The van der Waals surface area contributed by atoms with Gasteiger partial charge in [0.15, 0.2) is 0 Å². The zero-order valence-electron chi connectivity index (χ0n) is 13.5. The van der Waals surface area contributed by atoms with Gasteiger partial charge in [0.05, 0.1) is 23.7 Å². The Morgan fingerprint density at radius 1 is 1.12 bits per heavy atom. The second kappa shape index (κ2) is 6.91. The van der Waals surface area contributed by atoms with Crippen molar-refractivity contribution in [1.29, 1.82) is 0 Å². The first-order valence-electron chi connectivity index (χ1n) is 8.09. The third kappa shape index (κ3) is 3.32. The molecule has 4 rings (SSSR count). The number of nitrogens with zero attached hydrogens (tertiary/aromatic N) is 2. The number of amides is 1. The van der Waals surface area contributed by atoms with Crippen molar-refractivity contribution in [1.82, 2.24) is 9.55 Å². The molecule has 3 heterocycles. The molecule has 1 atom stereocenters. The lowest BCUT2D eigenvalue weighted by atomic mass is 10.1. The van der Waals surface area contributed by atoms with Crippen LogP contribution >= 0.6 is 11.3 Å². The fourth-order valence-electron chi connectivity index (χ4n) is 3.00. The van der Waals surface area contributed by atoms with E-state index in [2.05, 4.69) is 26.3 Å². The summed E-state index contributed by atoms with van der Waals surface area (Å²) in [7, 11) is 0. The van der Waals surface area contributed by atoms with Crippen molar-refractivity contribution in [3.8, 4) is 0 Å². The molecule has 1 aromatic carbocycles. The van der Waals surface area contributed by atoms with E-state index in [1.54, 1.807) is 17.5 Å². The number of anilines is 1. The van der Waals surface area contributed by atoms with Crippen molar-refractivity contribution < 1.29 is 4.79 Å². The summed E-state index contributed by atoms with van der Waals surface area (Å²) in [4.78, 5) is 17.1. The van der Waals surface area contributed by atoms with E-state index >= 15 is 0 Å². The number of pyridine rings is 1. The van der Waals surface area contributed by atoms with E-state index in [1.807, 2.05) is 60.2 Å². The highest BCUT2D eigenvalue weighted by Crippen LogP contribution is 2.26. The highest BCUT2D eigenvalue weighted by Gasteiger charge is 2.18. The van der Waals surface area contributed by atoms with Gasteiger partial charge in [-0.25, -0.2) is 0 Å². The third-order valence-electron chi connectivity index (χ3n) is 4.21. The second-order valence-corrected chi connectivity index (χ2v) is 6.61. The minimum Gasteiger partial charge on any atom is -0.346 e. The quantitative estimate of drug-likeness (QED) is 0.568. The molecular weight excluding hydrogens is 330 g/mol. The van der Waals surface area contributed by atoms with Crippen LogP contribution in [0, 0.1) is 0 Å². The summed E-state index contributed by atoms with van der Waals surface area (Å²) in [6, 6.07) is 15.6. The van der Waals surface area contributed by atoms with E-state index in [0.717, 1.165) is 22.2 Å². The molecule has 0 spiro atoms. The smallest absolute Gasteiger partial charge is 0.226 e. The molecule has 0 aliphatic heterocycles. The van der Waals surface area contributed by atoms with E-state index in [1.165, 1.54) is 0 Å². The molecule has 124 valence electrons. The van der Waals surface area contributed by atoms with Crippen LogP contribution in [0.15, 0.2) is 77.9 Å². The van der Waals surface area contributed by atoms with Gasteiger partial charge in [-0.05, 0) is 58.8 Å². The van der Waals surface area contributed by atoms with Crippen LogP contribution in [-0.2, 0) is 4.79 Å². The van der Waals surface area contributed by atoms with Gasteiger partial charge in [0, 0.05) is 24.0 Å². The van der Waals surface area contributed by atoms with E-state index in [4.69, 9.17) is 0 Å². The van der Waals surface area contributed by atoms with Gasteiger partial charge in [-0.15, -0.1) is 0 Å². The lowest BCUT2D eigenvalue weighted by molar-refractivity contribution is -0.116. The Balaban J connectivity index is 1.58. The molecular formula is C20H17N3OS. The van der Waals surface area contributed by atoms with Crippen LogP contribution in [0.4, 0.5) is 5.69 Å². The Kier molecular flexibility index (Phi) is 4.31.